The highest BCUT2D eigenvalue weighted by Gasteiger charge is 2.39. The Morgan fingerprint density at radius 1 is 1.33 bits per heavy atom. The van der Waals surface area contributed by atoms with Crippen molar-refractivity contribution in [2.45, 2.75) is 25.9 Å². The Balaban J connectivity index is 2.11. The monoisotopic (exact) mass is 345 g/mol. The van der Waals surface area contributed by atoms with Crippen LogP contribution in [0.2, 0.25) is 0 Å². The van der Waals surface area contributed by atoms with Crippen LogP contribution in [0.3, 0.4) is 0 Å². The van der Waals surface area contributed by atoms with Crippen molar-refractivity contribution in [3.05, 3.63) is 29.1 Å². The van der Waals surface area contributed by atoms with E-state index >= 15 is 0 Å². The largest absolute Gasteiger partial charge is 0.433 e. The fourth-order valence-electron chi connectivity index (χ4n) is 2.58. The number of primary amides is 1. The molecule has 2 rings (SSSR count). The van der Waals surface area contributed by atoms with E-state index in [0.29, 0.717) is 26.1 Å². The molecule has 24 heavy (non-hydrogen) atoms. The topological polar surface area (TPSA) is 94.3 Å². The Labute approximate surface area is 136 Å². The number of carbonyl (C=O) groups is 2. The number of hydrogen-bond acceptors (Lipinski definition) is 4. The number of rotatable bonds is 4. The highest BCUT2D eigenvalue weighted by Crippen LogP contribution is 2.30. The van der Waals surface area contributed by atoms with E-state index in [0.717, 1.165) is 12.1 Å². The molecular formula is C15H18F3N3O3. The van der Waals surface area contributed by atoms with Crippen molar-refractivity contribution in [3.63, 3.8) is 0 Å². The molecule has 9 heteroatoms. The number of ether oxygens (including phenoxy) is 1. The molecule has 2 amide bonds. The van der Waals surface area contributed by atoms with E-state index in [2.05, 4.69) is 10.3 Å². The number of aryl methyl sites for hydroxylation is 1. The number of nitrogens with zero attached hydrogens (tertiary/aromatic N) is 1. The molecule has 1 aromatic rings. The van der Waals surface area contributed by atoms with E-state index in [4.69, 9.17) is 10.5 Å². The van der Waals surface area contributed by atoms with Gasteiger partial charge in [-0.1, -0.05) is 0 Å². The lowest BCUT2D eigenvalue weighted by Crippen LogP contribution is -2.49. The minimum absolute atomic E-state index is 0.00495. The summed E-state index contributed by atoms with van der Waals surface area (Å²) in [4.78, 5) is 27.4. The molecule has 0 aromatic carbocycles. The third-order valence-corrected chi connectivity index (χ3v) is 4.18. The average molecular weight is 345 g/mol. The van der Waals surface area contributed by atoms with Gasteiger partial charge >= 0.3 is 6.18 Å². The number of alkyl halides is 3. The van der Waals surface area contributed by atoms with Crippen molar-refractivity contribution in [1.29, 1.82) is 0 Å². The standard InChI is InChI=1S/C15H18F3N3O3/c1-9-10(2-3-11(21-9)15(16,17)18)12(22)20-8-14(13(19)23)4-6-24-7-5-14/h2-3H,4-8H2,1H3,(H2,19,23)(H,20,22). The van der Waals surface area contributed by atoms with Crippen LogP contribution in [-0.2, 0) is 15.7 Å². The van der Waals surface area contributed by atoms with Crippen LogP contribution in [0.1, 0.15) is 34.6 Å². The first kappa shape index (κ1) is 18.2. The smallest absolute Gasteiger partial charge is 0.381 e. The Morgan fingerprint density at radius 2 is 1.96 bits per heavy atom. The molecule has 1 fully saturated rings. The first-order valence-corrected chi connectivity index (χ1v) is 7.36. The van der Waals surface area contributed by atoms with E-state index in [9.17, 15) is 22.8 Å². The summed E-state index contributed by atoms with van der Waals surface area (Å²) >= 11 is 0. The van der Waals surface area contributed by atoms with Crippen LogP contribution >= 0.6 is 0 Å². The lowest BCUT2D eigenvalue weighted by atomic mass is 9.79. The van der Waals surface area contributed by atoms with Gasteiger partial charge in [-0.3, -0.25) is 9.59 Å². The molecule has 0 bridgehead atoms. The molecule has 3 N–H and O–H groups in total. The third-order valence-electron chi connectivity index (χ3n) is 4.18. The minimum Gasteiger partial charge on any atom is -0.381 e. The van der Waals surface area contributed by atoms with E-state index in [-0.39, 0.29) is 17.8 Å². The molecule has 0 spiro atoms. The Bertz CT molecular complexity index is 641. The molecular weight excluding hydrogens is 327 g/mol. The summed E-state index contributed by atoms with van der Waals surface area (Å²) in [6.45, 7) is 2.05. The average Bonchev–Trinajstić information content (AvgIpc) is 2.52. The summed E-state index contributed by atoms with van der Waals surface area (Å²) in [5, 5.41) is 2.57. The van der Waals surface area contributed by atoms with Gasteiger partial charge in [0.15, 0.2) is 0 Å². The Hall–Kier alpha value is -2.16. The van der Waals surface area contributed by atoms with E-state index in [1.807, 2.05) is 0 Å². The zero-order valence-corrected chi connectivity index (χ0v) is 13.1. The van der Waals surface area contributed by atoms with Gasteiger partial charge in [0, 0.05) is 19.8 Å². The summed E-state index contributed by atoms with van der Waals surface area (Å²) in [6.07, 6.45) is -3.81. The fraction of sp³-hybridized carbons (Fsp3) is 0.533. The van der Waals surface area contributed by atoms with Gasteiger partial charge in [-0.25, -0.2) is 4.98 Å². The van der Waals surface area contributed by atoms with Crippen LogP contribution in [-0.4, -0.2) is 36.6 Å². The minimum atomic E-state index is -4.57. The summed E-state index contributed by atoms with van der Waals surface area (Å²) in [5.74, 6) is -1.13. The molecule has 1 aliphatic heterocycles. The maximum Gasteiger partial charge on any atom is 0.433 e. The van der Waals surface area contributed by atoms with Crippen molar-refractivity contribution < 1.29 is 27.5 Å². The molecule has 2 heterocycles. The number of pyridine rings is 1. The molecule has 1 aromatic heterocycles. The van der Waals surface area contributed by atoms with Gasteiger partial charge in [-0.2, -0.15) is 13.2 Å². The van der Waals surface area contributed by atoms with Crippen molar-refractivity contribution in [1.82, 2.24) is 10.3 Å². The first-order chi connectivity index (χ1) is 11.2. The first-order valence-electron chi connectivity index (χ1n) is 7.36. The highest BCUT2D eigenvalue weighted by atomic mass is 19.4. The van der Waals surface area contributed by atoms with Gasteiger partial charge in [-0.05, 0) is 31.9 Å². The highest BCUT2D eigenvalue weighted by molar-refractivity contribution is 5.95. The van der Waals surface area contributed by atoms with Gasteiger partial charge in [0.05, 0.1) is 16.7 Å². The van der Waals surface area contributed by atoms with Gasteiger partial charge in [0.1, 0.15) is 5.69 Å². The van der Waals surface area contributed by atoms with Gasteiger partial charge in [0.2, 0.25) is 5.91 Å². The van der Waals surface area contributed by atoms with Crippen molar-refractivity contribution in [2.24, 2.45) is 11.1 Å². The molecule has 6 nitrogen and oxygen atoms in total. The van der Waals surface area contributed by atoms with E-state index in [1.54, 1.807) is 0 Å². The molecule has 0 atom stereocenters. The van der Waals surface area contributed by atoms with Crippen LogP contribution in [0.15, 0.2) is 12.1 Å². The number of halogens is 3. The number of hydrogen-bond donors (Lipinski definition) is 2. The van der Waals surface area contributed by atoms with Crippen molar-refractivity contribution in [3.8, 4) is 0 Å². The molecule has 0 unspecified atom stereocenters. The quantitative estimate of drug-likeness (QED) is 0.863. The molecule has 1 saturated heterocycles. The number of nitrogens with one attached hydrogen (secondary N) is 1. The fourth-order valence-corrected chi connectivity index (χ4v) is 2.58. The zero-order valence-electron chi connectivity index (χ0n) is 13.1. The lowest BCUT2D eigenvalue weighted by Gasteiger charge is -2.34. The summed E-state index contributed by atoms with van der Waals surface area (Å²) in [6, 6.07) is 1.82. The molecule has 132 valence electrons. The van der Waals surface area contributed by atoms with Crippen molar-refractivity contribution >= 4 is 11.8 Å². The summed E-state index contributed by atoms with van der Waals surface area (Å²) in [7, 11) is 0. The number of amides is 2. The normalized spacial score (nSPS) is 17.3. The van der Waals surface area contributed by atoms with E-state index < -0.39 is 29.1 Å². The number of aromatic nitrogens is 1. The van der Waals surface area contributed by atoms with Crippen LogP contribution in [0.5, 0.6) is 0 Å². The van der Waals surface area contributed by atoms with Crippen LogP contribution in [0.4, 0.5) is 13.2 Å². The second-order valence-electron chi connectivity index (χ2n) is 5.77. The van der Waals surface area contributed by atoms with Crippen LogP contribution < -0.4 is 11.1 Å². The maximum absolute atomic E-state index is 12.6. The Kier molecular flexibility index (Phi) is 5.12. The lowest BCUT2D eigenvalue weighted by molar-refractivity contribution is -0.141. The number of carbonyl (C=O) groups excluding carboxylic acids is 2. The summed E-state index contributed by atoms with van der Waals surface area (Å²) < 4.78 is 43.0. The zero-order chi connectivity index (χ0) is 18.0. The van der Waals surface area contributed by atoms with Gasteiger partial charge in [0.25, 0.3) is 5.91 Å². The van der Waals surface area contributed by atoms with Crippen LogP contribution in [0.25, 0.3) is 0 Å². The van der Waals surface area contributed by atoms with Crippen LogP contribution in [0, 0.1) is 12.3 Å². The molecule has 0 radical (unpaired) electrons. The molecule has 0 aliphatic carbocycles. The van der Waals surface area contributed by atoms with Crippen molar-refractivity contribution in [2.75, 3.05) is 19.8 Å². The molecule has 1 aliphatic rings. The molecule has 0 saturated carbocycles. The predicted molar refractivity (Wildman–Crippen MR) is 78.0 cm³/mol. The predicted octanol–water partition coefficient (Wildman–Crippen LogP) is 1.42. The second-order valence-corrected chi connectivity index (χ2v) is 5.77. The number of nitrogens with two attached hydrogens (primary N) is 1. The van der Waals surface area contributed by atoms with E-state index in [1.165, 1.54) is 6.92 Å². The SMILES string of the molecule is Cc1nc(C(F)(F)F)ccc1C(=O)NCC1(C(N)=O)CCOCC1. The Morgan fingerprint density at radius 3 is 2.46 bits per heavy atom. The third kappa shape index (κ3) is 3.84. The summed E-state index contributed by atoms with van der Waals surface area (Å²) in [5.41, 5.74) is 3.46. The van der Waals surface area contributed by atoms with Gasteiger partial charge < -0.3 is 15.8 Å². The second kappa shape index (κ2) is 6.76. The maximum atomic E-state index is 12.6. The van der Waals surface area contributed by atoms with Gasteiger partial charge in [-0.15, -0.1) is 0 Å².